The molecular weight excluding hydrogens is 307 g/mol. The summed E-state index contributed by atoms with van der Waals surface area (Å²) in [6, 6.07) is 13.2. The quantitative estimate of drug-likeness (QED) is 0.579. The van der Waals surface area contributed by atoms with E-state index >= 15 is 0 Å². The third-order valence-electron chi connectivity index (χ3n) is 5.00. The van der Waals surface area contributed by atoms with E-state index in [4.69, 9.17) is 11.6 Å². The highest BCUT2D eigenvalue weighted by Gasteiger charge is 2.19. The van der Waals surface area contributed by atoms with E-state index in [0.717, 1.165) is 11.5 Å². The van der Waals surface area contributed by atoms with Crippen LogP contribution in [-0.4, -0.2) is 0 Å². The molecule has 2 heteroatoms. The molecule has 1 aliphatic carbocycles. The van der Waals surface area contributed by atoms with Crippen molar-refractivity contribution in [1.82, 2.24) is 0 Å². The molecular formula is C21H22ClF. The number of hydrogen-bond acceptors (Lipinski definition) is 0. The van der Waals surface area contributed by atoms with Gasteiger partial charge in [0, 0.05) is 10.6 Å². The highest BCUT2D eigenvalue weighted by Crippen LogP contribution is 2.36. The van der Waals surface area contributed by atoms with E-state index in [1.54, 1.807) is 12.1 Å². The summed E-state index contributed by atoms with van der Waals surface area (Å²) in [5.41, 5.74) is 3.56. The molecule has 0 spiro atoms. The van der Waals surface area contributed by atoms with E-state index < -0.39 is 0 Å². The third-order valence-corrected chi connectivity index (χ3v) is 5.24. The van der Waals surface area contributed by atoms with Gasteiger partial charge in [-0.05, 0) is 59.6 Å². The maximum Gasteiger partial charge on any atom is 0.132 e. The zero-order valence-corrected chi connectivity index (χ0v) is 14.2. The minimum Gasteiger partial charge on any atom is -0.206 e. The summed E-state index contributed by atoms with van der Waals surface area (Å²) in [6.45, 7) is 6.39. The van der Waals surface area contributed by atoms with Gasteiger partial charge in [-0.2, -0.15) is 0 Å². The number of rotatable bonds is 3. The molecule has 0 amide bonds. The van der Waals surface area contributed by atoms with E-state index in [9.17, 15) is 4.39 Å². The Bertz CT molecular complexity index is 694. The molecule has 0 heterocycles. The van der Waals surface area contributed by atoms with Crippen molar-refractivity contribution in [1.29, 1.82) is 0 Å². The Labute approximate surface area is 143 Å². The van der Waals surface area contributed by atoms with Crippen LogP contribution >= 0.6 is 11.6 Å². The highest BCUT2D eigenvalue weighted by molar-refractivity contribution is 6.30. The van der Waals surface area contributed by atoms with E-state index in [2.05, 4.69) is 37.8 Å². The predicted molar refractivity (Wildman–Crippen MR) is 96.4 cm³/mol. The molecule has 0 radical (unpaired) electrons. The Morgan fingerprint density at radius 1 is 1.04 bits per heavy atom. The molecule has 1 aliphatic rings. The summed E-state index contributed by atoms with van der Waals surface area (Å²) in [5, 5.41) is 0.404. The largest absolute Gasteiger partial charge is 0.206 e. The van der Waals surface area contributed by atoms with Crippen LogP contribution in [0.25, 0.3) is 5.57 Å². The minimum absolute atomic E-state index is 0.326. The maximum absolute atomic E-state index is 14.0. The van der Waals surface area contributed by atoms with Crippen LogP contribution in [0.15, 0.2) is 49.0 Å². The van der Waals surface area contributed by atoms with Crippen molar-refractivity contribution in [2.75, 3.05) is 0 Å². The molecule has 0 aromatic heterocycles. The average Bonchev–Trinajstić information content (AvgIpc) is 2.55. The van der Waals surface area contributed by atoms with Gasteiger partial charge >= 0.3 is 0 Å². The van der Waals surface area contributed by atoms with Crippen molar-refractivity contribution in [3.8, 4) is 0 Å². The minimum atomic E-state index is -0.326. The van der Waals surface area contributed by atoms with Crippen molar-refractivity contribution < 1.29 is 4.39 Å². The fourth-order valence-corrected chi connectivity index (χ4v) is 3.60. The lowest BCUT2D eigenvalue weighted by molar-refractivity contribution is 0.348. The first-order chi connectivity index (χ1) is 11.0. The van der Waals surface area contributed by atoms with Gasteiger partial charge < -0.3 is 0 Å². The first-order valence-electron chi connectivity index (χ1n) is 8.29. The van der Waals surface area contributed by atoms with Crippen molar-refractivity contribution >= 4 is 17.2 Å². The van der Waals surface area contributed by atoms with Crippen molar-refractivity contribution in [2.24, 2.45) is 5.92 Å². The lowest BCUT2D eigenvalue weighted by Crippen LogP contribution is -2.10. The fraction of sp³-hybridized carbons (Fsp3) is 0.333. The molecule has 0 unspecified atom stereocenters. The van der Waals surface area contributed by atoms with E-state index in [-0.39, 0.29) is 5.82 Å². The molecule has 0 saturated heterocycles. The molecule has 0 atom stereocenters. The molecule has 0 nitrogen and oxygen atoms in total. The highest BCUT2D eigenvalue weighted by atomic mass is 35.5. The summed E-state index contributed by atoms with van der Waals surface area (Å²) >= 11 is 5.81. The molecule has 23 heavy (non-hydrogen) atoms. The van der Waals surface area contributed by atoms with Crippen LogP contribution in [0.5, 0.6) is 0 Å². The summed E-state index contributed by atoms with van der Waals surface area (Å²) in [4.78, 5) is 0. The summed E-state index contributed by atoms with van der Waals surface area (Å²) in [5.74, 6) is 1.20. The van der Waals surface area contributed by atoms with Gasteiger partial charge in [0.05, 0.1) is 0 Å². The smallest absolute Gasteiger partial charge is 0.132 e. The first-order valence-corrected chi connectivity index (χ1v) is 8.67. The Morgan fingerprint density at radius 3 is 2.30 bits per heavy atom. The molecule has 1 saturated carbocycles. The summed E-state index contributed by atoms with van der Waals surface area (Å²) in [6.07, 6.45) is 5.17. The second kappa shape index (κ2) is 6.88. The molecule has 2 aromatic rings. The lowest BCUT2D eigenvalue weighted by atomic mass is 9.79. The topological polar surface area (TPSA) is 0 Å². The Hall–Kier alpha value is -1.60. The molecule has 3 rings (SSSR count). The van der Waals surface area contributed by atoms with Crippen molar-refractivity contribution in [3.63, 3.8) is 0 Å². The number of hydrogen-bond donors (Lipinski definition) is 0. The van der Waals surface area contributed by atoms with Crippen LogP contribution in [0.3, 0.4) is 0 Å². The van der Waals surface area contributed by atoms with E-state index in [0.29, 0.717) is 22.1 Å². The van der Waals surface area contributed by atoms with Crippen LogP contribution in [0, 0.1) is 11.7 Å². The molecule has 2 aromatic carbocycles. The van der Waals surface area contributed by atoms with Crippen LogP contribution in [0.1, 0.15) is 55.2 Å². The van der Waals surface area contributed by atoms with E-state index in [1.807, 2.05) is 0 Å². The van der Waals surface area contributed by atoms with Gasteiger partial charge in [-0.3, -0.25) is 0 Å². The van der Waals surface area contributed by atoms with Gasteiger partial charge in [-0.15, -0.1) is 0 Å². The summed E-state index contributed by atoms with van der Waals surface area (Å²) < 4.78 is 14.0. The van der Waals surface area contributed by atoms with E-state index in [1.165, 1.54) is 37.3 Å². The third kappa shape index (κ3) is 3.67. The number of benzene rings is 2. The normalized spacial score (nSPS) is 21.2. The van der Waals surface area contributed by atoms with Gasteiger partial charge in [0.2, 0.25) is 0 Å². The van der Waals surface area contributed by atoms with Crippen molar-refractivity contribution in [3.05, 3.63) is 76.6 Å². The van der Waals surface area contributed by atoms with Crippen molar-refractivity contribution in [2.45, 2.75) is 38.5 Å². The average molecular weight is 329 g/mol. The molecule has 0 aliphatic heterocycles. The van der Waals surface area contributed by atoms with Crippen LogP contribution < -0.4 is 0 Å². The SMILES string of the molecule is C=C(c1ccc(C2CCC(C)CC2)cc1)c1ccc(Cl)cc1F. The van der Waals surface area contributed by atoms with Gasteiger partial charge in [0.15, 0.2) is 0 Å². The Balaban J connectivity index is 1.77. The number of halogens is 2. The second-order valence-corrected chi connectivity index (χ2v) is 7.12. The fourth-order valence-electron chi connectivity index (χ4n) is 3.44. The Kier molecular flexibility index (Phi) is 4.87. The maximum atomic E-state index is 14.0. The molecule has 0 bridgehead atoms. The summed E-state index contributed by atoms with van der Waals surface area (Å²) in [7, 11) is 0. The monoisotopic (exact) mass is 328 g/mol. The lowest BCUT2D eigenvalue weighted by Gasteiger charge is -2.26. The zero-order valence-electron chi connectivity index (χ0n) is 13.5. The van der Waals surface area contributed by atoms with Gasteiger partial charge in [0.1, 0.15) is 5.82 Å². The van der Waals surface area contributed by atoms with Crippen LogP contribution in [0.4, 0.5) is 4.39 Å². The molecule has 120 valence electrons. The zero-order chi connectivity index (χ0) is 16.4. The van der Waals surface area contributed by atoms with Crippen LogP contribution in [0.2, 0.25) is 5.02 Å². The second-order valence-electron chi connectivity index (χ2n) is 6.68. The Morgan fingerprint density at radius 2 is 1.70 bits per heavy atom. The first kappa shape index (κ1) is 16.3. The molecule has 0 N–H and O–H groups in total. The molecule has 1 fully saturated rings. The predicted octanol–water partition coefficient (Wildman–Crippen LogP) is 6.83. The van der Waals surface area contributed by atoms with Crippen LogP contribution in [-0.2, 0) is 0 Å². The van der Waals surface area contributed by atoms with Gasteiger partial charge in [-0.25, -0.2) is 4.39 Å². The van der Waals surface area contributed by atoms with Gasteiger partial charge in [0.25, 0.3) is 0 Å². The standard InChI is InChI=1S/C21H22ClF/c1-14-3-5-17(6-4-14)18-9-7-16(8-10-18)15(2)20-12-11-19(22)13-21(20)23/h7-14,17H,2-6H2,1H3. The van der Waals surface area contributed by atoms with Gasteiger partial charge in [-0.1, -0.05) is 62.2 Å².